The Kier molecular flexibility index (Phi) is 3.18. The van der Waals surface area contributed by atoms with Gasteiger partial charge in [-0.1, -0.05) is 35.5 Å². The summed E-state index contributed by atoms with van der Waals surface area (Å²) in [5, 5.41) is 5.26. The molecule has 1 atom stereocenters. The zero-order valence-electron chi connectivity index (χ0n) is 9.19. The zero-order chi connectivity index (χ0) is 11.7. The van der Waals surface area contributed by atoms with E-state index < -0.39 is 0 Å². The molecule has 0 amide bonds. The summed E-state index contributed by atoms with van der Waals surface area (Å²) in [6, 6.07) is 7.81. The number of thioether (sulfide) groups is 1. The molecule has 0 saturated carbocycles. The summed E-state index contributed by atoms with van der Waals surface area (Å²) < 4.78 is 0. The first-order valence-electron chi connectivity index (χ1n) is 5.62. The standard InChI is InChI=1S/C12H12ClN3S/c13-11-12(17-8-5-6-14-7-8)16-10-4-2-1-3-9(10)15-11/h1-4,8,14H,5-7H2/t8-/m0/s1. The first-order chi connectivity index (χ1) is 8.33. The van der Waals surface area contributed by atoms with E-state index in [4.69, 9.17) is 11.6 Å². The van der Waals surface area contributed by atoms with Crippen LogP contribution >= 0.6 is 23.4 Å². The molecule has 5 heteroatoms. The van der Waals surface area contributed by atoms with Gasteiger partial charge in [-0.3, -0.25) is 0 Å². The van der Waals surface area contributed by atoms with Crippen molar-refractivity contribution in [1.29, 1.82) is 0 Å². The molecule has 2 aromatic rings. The molecule has 0 unspecified atom stereocenters. The molecule has 3 nitrogen and oxygen atoms in total. The van der Waals surface area contributed by atoms with Gasteiger partial charge >= 0.3 is 0 Å². The highest BCUT2D eigenvalue weighted by Gasteiger charge is 2.18. The molecular formula is C12H12ClN3S. The summed E-state index contributed by atoms with van der Waals surface area (Å²) >= 11 is 7.89. The Morgan fingerprint density at radius 1 is 1.24 bits per heavy atom. The van der Waals surface area contributed by atoms with E-state index in [1.54, 1.807) is 11.8 Å². The van der Waals surface area contributed by atoms with Crippen LogP contribution in [0.5, 0.6) is 0 Å². The first kappa shape index (κ1) is 11.3. The van der Waals surface area contributed by atoms with Gasteiger partial charge in [0.2, 0.25) is 0 Å². The van der Waals surface area contributed by atoms with Crippen LogP contribution in [-0.2, 0) is 0 Å². The van der Waals surface area contributed by atoms with Crippen molar-refractivity contribution in [2.45, 2.75) is 16.7 Å². The second kappa shape index (κ2) is 4.80. The Balaban J connectivity index is 1.95. The number of para-hydroxylation sites is 2. The molecule has 1 N–H and O–H groups in total. The second-order valence-electron chi connectivity index (χ2n) is 4.04. The van der Waals surface area contributed by atoms with Gasteiger partial charge in [-0.05, 0) is 25.1 Å². The number of nitrogens with zero attached hydrogens (tertiary/aromatic N) is 2. The van der Waals surface area contributed by atoms with Crippen molar-refractivity contribution in [1.82, 2.24) is 15.3 Å². The maximum atomic E-state index is 6.17. The minimum atomic E-state index is 0.514. The highest BCUT2D eigenvalue weighted by Crippen LogP contribution is 2.31. The van der Waals surface area contributed by atoms with Crippen LogP contribution in [0.15, 0.2) is 29.3 Å². The highest BCUT2D eigenvalue weighted by atomic mass is 35.5. The molecule has 0 bridgehead atoms. The lowest BCUT2D eigenvalue weighted by atomic mass is 10.3. The van der Waals surface area contributed by atoms with Gasteiger partial charge in [-0.15, -0.1) is 0 Å². The maximum absolute atomic E-state index is 6.17. The number of aromatic nitrogens is 2. The summed E-state index contributed by atoms with van der Waals surface area (Å²) in [6.45, 7) is 2.10. The third-order valence-electron chi connectivity index (χ3n) is 2.79. The number of hydrogen-bond donors (Lipinski definition) is 1. The van der Waals surface area contributed by atoms with Gasteiger partial charge in [0.1, 0.15) is 5.03 Å². The van der Waals surface area contributed by atoms with E-state index in [0.717, 1.165) is 35.6 Å². The predicted molar refractivity (Wildman–Crippen MR) is 71.7 cm³/mol. The van der Waals surface area contributed by atoms with E-state index in [-0.39, 0.29) is 0 Å². The van der Waals surface area contributed by atoms with Gasteiger partial charge in [-0.25, -0.2) is 9.97 Å². The van der Waals surface area contributed by atoms with Gasteiger partial charge in [0.25, 0.3) is 0 Å². The van der Waals surface area contributed by atoms with Crippen LogP contribution in [0.4, 0.5) is 0 Å². The maximum Gasteiger partial charge on any atom is 0.161 e. The normalized spacial score (nSPS) is 19.9. The zero-order valence-corrected chi connectivity index (χ0v) is 10.8. The average molecular weight is 266 g/mol. The average Bonchev–Trinajstić information content (AvgIpc) is 2.83. The van der Waals surface area contributed by atoms with E-state index in [1.165, 1.54) is 0 Å². The quantitative estimate of drug-likeness (QED) is 0.906. The Labute approximate surface area is 109 Å². The van der Waals surface area contributed by atoms with Crippen LogP contribution in [0.25, 0.3) is 11.0 Å². The fraction of sp³-hybridized carbons (Fsp3) is 0.333. The molecule has 88 valence electrons. The minimum absolute atomic E-state index is 0.514. The van der Waals surface area contributed by atoms with E-state index in [1.807, 2.05) is 24.3 Å². The molecule has 17 heavy (non-hydrogen) atoms. The number of fused-ring (bicyclic) bond motifs is 1. The fourth-order valence-corrected chi connectivity index (χ4v) is 3.24. The van der Waals surface area contributed by atoms with E-state index in [2.05, 4.69) is 15.3 Å². The molecule has 1 saturated heterocycles. The molecule has 1 fully saturated rings. The Hall–Kier alpha value is -0.840. The molecular weight excluding hydrogens is 254 g/mol. The smallest absolute Gasteiger partial charge is 0.161 e. The highest BCUT2D eigenvalue weighted by molar-refractivity contribution is 8.00. The van der Waals surface area contributed by atoms with Crippen molar-refractivity contribution in [3.05, 3.63) is 29.4 Å². The Bertz CT molecular complexity index is 540. The lowest BCUT2D eigenvalue weighted by Crippen LogP contribution is -2.10. The first-order valence-corrected chi connectivity index (χ1v) is 6.88. The van der Waals surface area contributed by atoms with Crippen molar-refractivity contribution in [3.8, 4) is 0 Å². The third-order valence-corrected chi connectivity index (χ3v) is 4.41. The molecule has 3 rings (SSSR count). The summed E-state index contributed by atoms with van der Waals surface area (Å²) in [5.74, 6) is 0. The van der Waals surface area contributed by atoms with Crippen LogP contribution in [0.1, 0.15) is 6.42 Å². The van der Waals surface area contributed by atoms with Gasteiger partial charge < -0.3 is 5.32 Å². The van der Waals surface area contributed by atoms with Crippen LogP contribution in [0.2, 0.25) is 5.15 Å². The predicted octanol–water partition coefficient (Wildman–Crippen LogP) is 2.74. The molecule has 1 aliphatic rings. The van der Waals surface area contributed by atoms with Gasteiger partial charge in [0, 0.05) is 11.8 Å². The molecule has 2 heterocycles. The van der Waals surface area contributed by atoms with E-state index in [9.17, 15) is 0 Å². The SMILES string of the molecule is Clc1nc2ccccc2nc1S[C@H]1CCNC1. The topological polar surface area (TPSA) is 37.8 Å². The largest absolute Gasteiger partial charge is 0.316 e. The van der Waals surface area contributed by atoms with Crippen LogP contribution in [0.3, 0.4) is 0 Å². The van der Waals surface area contributed by atoms with Crippen molar-refractivity contribution in [2.75, 3.05) is 13.1 Å². The van der Waals surface area contributed by atoms with Crippen LogP contribution in [0, 0.1) is 0 Å². The molecule has 0 aliphatic carbocycles. The van der Waals surface area contributed by atoms with Crippen molar-refractivity contribution < 1.29 is 0 Å². The lowest BCUT2D eigenvalue weighted by Gasteiger charge is -2.09. The summed E-state index contributed by atoms with van der Waals surface area (Å²) in [4.78, 5) is 8.96. The minimum Gasteiger partial charge on any atom is -0.316 e. The Morgan fingerprint density at radius 3 is 2.71 bits per heavy atom. The van der Waals surface area contributed by atoms with Gasteiger partial charge in [0.15, 0.2) is 5.15 Å². The number of benzene rings is 1. The number of rotatable bonds is 2. The van der Waals surface area contributed by atoms with Crippen molar-refractivity contribution in [3.63, 3.8) is 0 Å². The molecule has 0 spiro atoms. The number of hydrogen-bond acceptors (Lipinski definition) is 4. The Morgan fingerprint density at radius 2 is 2.00 bits per heavy atom. The lowest BCUT2D eigenvalue weighted by molar-refractivity contribution is 0.858. The summed E-state index contributed by atoms with van der Waals surface area (Å²) in [5.41, 5.74) is 1.76. The van der Waals surface area contributed by atoms with Gasteiger partial charge in [0.05, 0.1) is 11.0 Å². The fourth-order valence-electron chi connectivity index (χ4n) is 1.92. The van der Waals surface area contributed by atoms with Crippen molar-refractivity contribution in [2.24, 2.45) is 0 Å². The molecule has 0 radical (unpaired) electrons. The van der Waals surface area contributed by atoms with Crippen LogP contribution in [-0.4, -0.2) is 28.3 Å². The number of nitrogens with one attached hydrogen (secondary N) is 1. The monoisotopic (exact) mass is 265 g/mol. The van der Waals surface area contributed by atoms with Crippen LogP contribution < -0.4 is 5.32 Å². The summed E-state index contributed by atoms with van der Waals surface area (Å²) in [6.07, 6.45) is 1.16. The van der Waals surface area contributed by atoms with E-state index >= 15 is 0 Å². The number of halogens is 1. The van der Waals surface area contributed by atoms with E-state index in [0.29, 0.717) is 10.4 Å². The molecule has 1 aliphatic heterocycles. The van der Waals surface area contributed by atoms with Gasteiger partial charge in [-0.2, -0.15) is 0 Å². The third kappa shape index (κ3) is 2.39. The van der Waals surface area contributed by atoms with Crippen molar-refractivity contribution >= 4 is 34.4 Å². The molecule has 1 aromatic carbocycles. The summed E-state index contributed by atoms with van der Waals surface area (Å²) in [7, 11) is 0. The molecule has 1 aromatic heterocycles. The second-order valence-corrected chi connectivity index (χ2v) is 5.69.